The summed E-state index contributed by atoms with van der Waals surface area (Å²) in [4.78, 5) is 20.1. The Morgan fingerprint density at radius 1 is 1.35 bits per heavy atom. The van der Waals surface area contributed by atoms with E-state index in [9.17, 15) is 4.79 Å². The van der Waals surface area contributed by atoms with Crippen LogP contribution in [0, 0.1) is 0 Å². The number of rotatable bonds is 7. The topological polar surface area (TPSA) is 71.8 Å². The van der Waals surface area contributed by atoms with Crippen LogP contribution in [0.15, 0.2) is 37.1 Å². The number of nitrogens with one attached hydrogen (secondary N) is 2. The van der Waals surface area contributed by atoms with Crippen molar-refractivity contribution < 1.29 is 4.79 Å². The van der Waals surface area contributed by atoms with Crippen LogP contribution in [0.1, 0.15) is 23.2 Å². The molecule has 2 aromatic heterocycles. The van der Waals surface area contributed by atoms with Gasteiger partial charge in [0.05, 0.1) is 11.9 Å². The minimum absolute atomic E-state index is 0.0925. The number of amides is 1. The largest absolute Gasteiger partial charge is 0.372 e. The van der Waals surface area contributed by atoms with Crippen LogP contribution in [0.4, 0.5) is 5.82 Å². The molecule has 6 heteroatoms. The first kappa shape index (κ1) is 14.0. The highest BCUT2D eigenvalue weighted by molar-refractivity contribution is 5.98. The van der Waals surface area contributed by atoms with Crippen LogP contribution in [0.25, 0.3) is 0 Å². The lowest BCUT2D eigenvalue weighted by molar-refractivity contribution is 0.0953. The van der Waals surface area contributed by atoms with E-state index >= 15 is 0 Å². The van der Waals surface area contributed by atoms with Crippen LogP contribution in [0.5, 0.6) is 0 Å². The van der Waals surface area contributed by atoms with Crippen molar-refractivity contribution in [3.05, 3.63) is 42.6 Å². The monoisotopic (exact) mass is 273 g/mol. The first-order valence-electron chi connectivity index (χ1n) is 6.68. The summed E-state index contributed by atoms with van der Waals surface area (Å²) < 4.78 is 2.03. The van der Waals surface area contributed by atoms with E-state index in [1.54, 1.807) is 37.9 Å². The summed E-state index contributed by atoms with van der Waals surface area (Å²) in [6.45, 7) is 1.58. The van der Waals surface area contributed by atoms with E-state index in [2.05, 4.69) is 20.6 Å². The highest BCUT2D eigenvalue weighted by Crippen LogP contribution is 2.09. The molecule has 0 unspecified atom stereocenters. The maximum atomic E-state index is 12.0. The zero-order valence-electron chi connectivity index (χ0n) is 11.5. The third-order valence-electron chi connectivity index (χ3n) is 2.98. The minimum Gasteiger partial charge on any atom is -0.372 e. The first-order chi connectivity index (χ1) is 9.81. The smallest absolute Gasteiger partial charge is 0.255 e. The fraction of sp³-hybridized carbons (Fsp3) is 0.357. The number of hydrogen-bond donors (Lipinski definition) is 2. The second kappa shape index (κ2) is 7.28. The molecular weight excluding hydrogens is 254 g/mol. The quantitative estimate of drug-likeness (QED) is 0.750. The van der Waals surface area contributed by atoms with Crippen molar-refractivity contribution >= 4 is 11.7 Å². The number of aromatic nitrogens is 3. The molecule has 0 radical (unpaired) electrons. The van der Waals surface area contributed by atoms with Gasteiger partial charge in [-0.05, 0) is 25.0 Å². The lowest BCUT2D eigenvalue weighted by atomic mass is 10.2. The molecule has 1 amide bonds. The Kier molecular flexibility index (Phi) is 5.11. The molecule has 6 nitrogen and oxygen atoms in total. The Morgan fingerprint density at radius 2 is 2.25 bits per heavy atom. The molecule has 2 heterocycles. The number of imidazole rings is 1. The van der Waals surface area contributed by atoms with Gasteiger partial charge in [-0.3, -0.25) is 4.79 Å². The molecule has 0 aliphatic rings. The van der Waals surface area contributed by atoms with E-state index in [1.165, 1.54) is 0 Å². The first-order valence-corrected chi connectivity index (χ1v) is 6.68. The Labute approximate surface area is 118 Å². The Bertz CT molecular complexity index is 538. The molecule has 0 saturated heterocycles. The molecule has 2 aromatic rings. The van der Waals surface area contributed by atoms with Crippen molar-refractivity contribution in [3.63, 3.8) is 0 Å². The SMILES string of the molecule is CNc1ncccc1C(=O)NCCCCn1ccnc1. The van der Waals surface area contributed by atoms with Crippen LogP contribution < -0.4 is 10.6 Å². The molecule has 20 heavy (non-hydrogen) atoms. The lowest BCUT2D eigenvalue weighted by Crippen LogP contribution is -2.25. The summed E-state index contributed by atoms with van der Waals surface area (Å²) in [5.74, 6) is 0.508. The van der Waals surface area contributed by atoms with Crippen LogP contribution in [-0.2, 0) is 6.54 Å². The molecule has 2 N–H and O–H groups in total. The standard InChI is InChI=1S/C14H19N5O/c1-15-13-12(5-4-7-17-13)14(20)18-6-2-3-9-19-10-8-16-11-19/h4-5,7-8,10-11H,2-3,6,9H2,1H3,(H,15,17)(H,18,20). The van der Waals surface area contributed by atoms with E-state index in [4.69, 9.17) is 0 Å². The summed E-state index contributed by atoms with van der Waals surface area (Å²) in [5.41, 5.74) is 0.574. The minimum atomic E-state index is -0.0925. The Hall–Kier alpha value is -2.37. The number of hydrogen-bond acceptors (Lipinski definition) is 4. The highest BCUT2D eigenvalue weighted by Gasteiger charge is 2.09. The summed E-state index contributed by atoms with van der Waals surface area (Å²) in [7, 11) is 1.75. The van der Waals surface area contributed by atoms with Crippen molar-refractivity contribution in [2.75, 3.05) is 18.9 Å². The molecular formula is C14H19N5O. The van der Waals surface area contributed by atoms with Gasteiger partial charge in [0.2, 0.25) is 0 Å². The van der Waals surface area contributed by atoms with Crippen molar-refractivity contribution in [3.8, 4) is 0 Å². The highest BCUT2D eigenvalue weighted by atomic mass is 16.1. The Balaban J connectivity index is 1.72. The lowest BCUT2D eigenvalue weighted by Gasteiger charge is -2.08. The second-order valence-electron chi connectivity index (χ2n) is 4.41. The number of carbonyl (C=O) groups is 1. The van der Waals surface area contributed by atoms with E-state index in [1.807, 2.05) is 10.8 Å². The van der Waals surface area contributed by atoms with Gasteiger partial charge < -0.3 is 15.2 Å². The molecule has 0 atom stereocenters. The van der Waals surface area contributed by atoms with Crippen molar-refractivity contribution in [1.29, 1.82) is 0 Å². The predicted molar refractivity (Wildman–Crippen MR) is 77.6 cm³/mol. The van der Waals surface area contributed by atoms with Crippen LogP contribution in [-0.4, -0.2) is 34.0 Å². The van der Waals surface area contributed by atoms with Gasteiger partial charge in [0.1, 0.15) is 5.82 Å². The maximum Gasteiger partial charge on any atom is 0.255 e. The maximum absolute atomic E-state index is 12.0. The normalized spacial score (nSPS) is 10.2. The summed E-state index contributed by atoms with van der Waals surface area (Å²) in [5, 5.41) is 5.82. The number of pyridine rings is 1. The fourth-order valence-corrected chi connectivity index (χ4v) is 1.92. The fourth-order valence-electron chi connectivity index (χ4n) is 1.92. The van der Waals surface area contributed by atoms with Gasteiger partial charge in [0, 0.05) is 38.7 Å². The molecule has 0 aliphatic carbocycles. The molecule has 0 aromatic carbocycles. The van der Waals surface area contributed by atoms with Crippen molar-refractivity contribution in [2.45, 2.75) is 19.4 Å². The zero-order valence-corrected chi connectivity index (χ0v) is 11.5. The molecule has 0 spiro atoms. The summed E-state index contributed by atoms with van der Waals surface area (Å²) >= 11 is 0. The van der Waals surface area contributed by atoms with Crippen LogP contribution in [0.2, 0.25) is 0 Å². The predicted octanol–water partition coefficient (Wildman–Crippen LogP) is 1.53. The third-order valence-corrected chi connectivity index (χ3v) is 2.98. The van der Waals surface area contributed by atoms with Crippen molar-refractivity contribution in [1.82, 2.24) is 19.9 Å². The number of carbonyl (C=O) groups excluding carboxylic acids is 1. The van der Waals surface area contributed by atoms with E-state index < -0.39 is 0 Å². The third kappa shape index (κ3) is 3.81. The van der Waals surface area contributed by atoms with Gasteiger partial charge in [0.15, 0.2) is 0 Å². The average Bonchev–Trinajstić information content (AvgIpc) is 3.00. The van der Waals surface area contributed by atoms with Gasteiger partial charge in [-0.1, -0.05) is 0 Å². The number of anilines is 1. The van der Waals surface area contributed by atoms with Crippen LogP contribution >= 0.6 is 0 Å². The summed E-state index contributed by atoms with van der Waals surface area (Å²) in [6, 6.07) is 3.52. The zero-order chi connectivity index (χ0) is 14.2. The van der Waals surface area contributed by atoms with E-state index in [0.29, 0.717) is 17.9 Å². The van der Waals surface area contributed by atoms with Gasteiger partial charge in [0.25, 0.3) is 5.91 Å². The molecule has 0 aliphatic heterocycles. The molecule has 0 saturated carbocycles. The molecule has 106 valence electrons. The molecule has 2 rings (SSSR count). The second-order valence-corrected chi connectivity index (χ2v) is 4.41. The van der Waals surface area contributed by atoms with E-state index in [0.717, 1.165) is 19.4 Å². The number of unbranched alkanes of at least 4 members (excludes halogenated alkanes) is 1. The van der Waals surface area contributed by atoms with Gasteiger partial charge in [-0.2, -0.15) is 0 Å². The summed E-state index contributed by atoms with van der Waals surface area (Å²) in [6.07, 6.45) is 9.10. The van der Waals surface area contributed by atoms with Crippen LogP contribution in [0.3, 0.4) is 0 Å². The van der Waals surface area contributed by atoms with Gasteiger partial charge in [-0.25, -0.2) is 9.97 Å². The molecule has 0 bridgehead atoms. The number of aryl methyl sites for hydroxylation is 1. The van der Waals surface area contributed by atoms with Gasteiger partial charge in [-0.15, -0.1) is 0 Å². The van der Waals surface area contributed by atoms with Crippen molar-refractivity contribution in [2.24, 2.45) is 0 Å². The number of nitrogens with zero attached hydrogens (tertiary/aromatic N) is 3. The molecule has 0 fully saturated rings. The Morgan fingerprint density at radius 3 is 3.00 bits per heavy atom. The average molecular weight is 273 g/mol. The van der Waals surface area contributed by atoms with E-state index in [-0.39, 0.29) is 5.91 Å². The van der Waals surface area contributed by atoms with Gasteiger partial charge >= 0.3 is 0 Å².